The molecule has 3 rings (SSSR count). The number of hydrogen-bond acceptors (Lipinski definition) is 2. The molecule has 0 aromatic heterocycles. The van der Waals surface area contributed by atoms with E-state index in [0.29, 0.717) is 17.3 Å². The third-order valence-corrected chi connectivity index (χ3v) is 7.15. The molecule has 0 spiro atoms. The van der Waals surface area contributed by atoms with Crippen molar-refractivity contribution in [1.29, 1.82) is 0 Å². The number of halogens is 1. The van der Waals surface area contributed by atoms with Gasteiger partial charge in [0.1, 0.15) is 5.84 Å². The Balaban J connectivity index is 1.84. The second kappa shape index (κ2) is 7.35. The van der Waals surface area contributed by atoms with Gasteiger partial charge in [-0.2, -0.15) is 0 Å². The van der Waals surface area contributed by atoms with Crippen LogP contribution in [0.1, 0.15) is 53.4 Å². The van der Waals surface area contributed by atoms with Gasteiger partial charge in [-0.3, -0.25) is 4.99 Å². The molecule has 3 aliphatic rings. The van der Waals surface area contributed by atoms with Crippen molar-refractivity contribution in [3.63, 3.8) is 0 Å². The molecule has 3 atom stereocenters. The molecule has 132 valence electrons. The van der Waals surface area contributed by atoms with E-state index >= 15 is 0 Å². The van der Waals surface area contributed by atoms with E-state index in [4.69, 9.17) is 4.99 Å². The Hall–Kier alpha value is -0.580. The Labute approximate surface area is 161 Å². The fourth-order valence-electron chi connectivity index (χ4n) is 4.32. The highest BCUT2D eigenvalue weighted by Gasteiger charge is 2.39. The molecule has 0 aromatic rings. The van der Waals surface area contributed by atoms with E-state index in [0.717, 1.165) is 30.4 Å². The minimum atomic E-state index is 0.362. The molecule has 0 radical (unpaired) electrons. The van der Waals surface area contributed by atoms with Crippen molar-refractivity contribution in [1.82, 2.24) is 4.90 Å². The average Bonchev–Trinajstić information content (AvgIpc) is 3.08. The van der Waals surface area contributed by atoms with Crippen LogP contribution in [0.25, 0.3) is 0 Å². The summed E-state index contributed by atoms with van der Waals surface area (Å²) in [4.78, 5) is 7.46. The lowest BCUT2D eigenvalue weighted by atomic mass is 9.75. The van der Waals surface area contributed by atoms with Gasteiger partial charge >= 0.3 is 0 Å². The van der Waals surface area contributed by atoms with Crippen LogP contribution in [0.4, 0.5) is 0 Å². The van der Waals surface area contributed by atoms with Crippen molar-refractivity contribution in [2.24, 2.45) is 22.2 Å². The van der Waals surface area contributed by atoms with E-state index in [1.807, 2.05) is 0 Å². The fourth-order valence-corrected chi connectivity index (χ4v) is 5.45. The quantitative estimate of drug-likeness (QED) is 0.394. The van der Waals surface area contributed by atoms with E-state index < -0.39 is 0 Å². The molecule has 24 heavy (non-hydrogen) atoms. The summed E-state index contributed by atoms with van der Waals surface area (Å²) in [6, 6.07) is 0. The smallest absolute Gasteiger partial charge is 0.107 e. The van der Waals surface area contributed by atoms with Crippen LogP contribution in [0.3, 0.4) is 0 Å². The van der Waals surface area contributed by atoms with Crippen LogP contribution in [-0.2, 0) is 0 Å². The topological polar surface area (TPSA) is 15.6 Å². The van der Waals surface area contributed by atoms with E-state index in [-0.39, 0.29) is 0 Å². The minimum Gasteiger partial charge on any atom is -0.332 e. The van der Waals surface area contributed by atoms with Gasteiger partial charge in [-0.15, -0.1) is 0 Å². The highest BCUT2D eigenvalue weighted by molar-refractivity contribution is 14.1. The lowest BCUT2D eigenvalue weighted by Crippen LogP contribution is -2.42. The van der Waals surface area contributed by atoms with Crippen LogP contribution in [0.2, 0.25) is 0 Å². The lowest BCUT2D eigenvalue weighted by molar-refractivity contribution is 0.389. The molecule has 2 nitrogen and oxygen atoms in total. The van der Waals surface area contributed by atoms with Gasteiger partial charge in [0.25, 0.3) is 0 Å². The number of amidine groups is 1. The van der Waals surface area contributed by atoms with Crippen LogP contribution in [0.5, 0.6) is 0 Å². The largest absolute Gasteiger partial charge is 0.332 e. The van der Waals surface area contributed by atoms with Crippen LogP contribution in [-0.4, -0.2) is 28.3 Å². The first-order chi connectivity index (χ1) is 11.5. The van der Waals surface area contributed by atoms with Crippen molar-refractivity contribution >= 4 is 28.4 Å². The van der Waals surface area contributed by atoms with Crippen molar-refractivity contribution in [2.45, 2.75) is 53.4 Å². The SMILES string of the molecule is CCC1=C(CI)[C@@H](C)C(CC2=CCC(C)(CC)C=C2)C2=NCCN21. The van der Waals surface area contributed by atoms with Gasteiger partial charge < -0.3 is 4.90 Å². The van der Waals surface area contributed by atoms with Crippen molar-refractivity contribution in [3.8, 4) is 0 Å². The molecular formula is C21H31IN2. The summed E-state index contributed by atoms with van der Waals surface area (Å²) in [7, 11) is 0. The first-order valence-electron chi connectivity index (χ1n) is 9.51. The summed E-state index contributed by atoms with van der Waals surface area (Å²) in [5.74, 6) is 2.53. The van der Waals surface area contributed by atoms with E-state index in [1.165, 1.54) is 24.3 Å². The monoisotopic (exact) mass is 438 g/mol. The van der Waals surface area contributed by atoms with Gasteiger partial charge in [0, 0.05) is 22.6 Å². The molecule has 0 saturated carbocycles. The van der Waals surface area contributed by atoms with Crippen LogP contribution in [0, 0.1) is 17.3 Å². The van der Waals surface area contributed by atoms with Crippen LogP contribution in [0.15, 0.2) is 40.1 Å². The molecule has 0 amide bonds. The Bertz CT molecular complexity index is 613. The van der Waals surface area contributed by atoms with Gasteiger partial charge in [-0.25, -0.2) is 0 Å². The first kappa shape index (κ1) is 18.2. The van der Waals surface area contributed by atoms with Crippen molar-refractivity contribution < 1.29 is 0 Å². The predicted octanol–water partition coefficient (Wildman–Crippen LogP) is 5.76. The second-order valence-electron chi connectivity index (χ2n) is 7.77. The van der Waals surface area contributed by atoms with E-state index in [9.17, 15) is 0 Å². The summed E-state index contributed by atoms with van der Waals surface area (Å²) in [6.45, 7) is 11.4. The number of hydrogen-bond donors (Lipinski definition) is 0. The molecular weight excluding hydrogens is 407 g/mol. The zero-order chi connectivity index (χ0) is 17.3. The molecule has 3 heteroatoms. The molecule has 0 saturated heterocycles. The molecule has 1 aliphatic carbocycles. The highest BCUT2D eigenvalue weighted by atomic mass is 127. The first-order valence-corrected chi connectivity index (χ1v) is 11.0. The van der Waals surface area contributed by atoms with Gasteiger partial charge in [0.05, 0.1) is 6.54 Å². The lowest BCUT2D eigenvalue weighted by Gasteiger charge is -2.40. The normalized spacial score (nSPS) is 32.8. The Morgan fingerprint density at radius 2 is 2.17 bits per heavy atom. The number of rotatable bonds is 5. The number of fused-ring (bicyclic) bond motifs is 1. The van der Waals surface area contributed by atoms with Crippen LogP contribution >= 0.6 is 22.6 Å². The average molecular weight is 438 g/mol. The summed E-state index contributed by atoms with van der Waals surface area (Å²) in [5.41, 5.74) is 5.08. The fraction of sp³-hybridized carbons (Fsp3) is 0.667. The summed E-state index contributed by atoms with van der Waals surface area (Å²) < 4.78 is 1.14. The molecule has 2 aliphatic heterocycles. The third-order valence-electron chi connectivity index (χ3n) is 6.33. The number of allylic oxidation sites excluding steroid dienone is 6. The Kier molecular flexibility index (Phi) is 5.58. The predicted molar refractivity (Wildman–Crippen MR) is 113 cm³/mol. The zero-order valence-corrected chi connectivity index (χ0v) is 17.8. The second-order valence-corrected chi connectivity index (χ2v) is 8.54. The Morgan fingerprint density at radius 1 is 1.38 bits per heavy atom. The summed E-state index contributed by atoms with van der Waals surface area (Å²) >= 11 is 2.55. The zero-order valence-electron chi connectivity index (χ0n) is 15.6. The van der Waals surface area contributed by atoms with Gasteiger partial charge in [-0.05, 0) is 42.6 Å². The number of aliphatic imine (C=N–C) groups is 1. The van der Waals surface area contributed by atoms with Gasteiger partial charge in [0.15, 0.2) is 0 Å². The maximum atomic E-state index is 4.92. The molecule has 0 aromatic carbocycles. The molecule has 0 N–H and O–H groups in total. The van der Waals surface area contributed by atoms with Crippen molar-refractivity contribution in [3.05, 3.63) is 35.1 Å². The molecule has 2 heterocycles. The summed E-state index contributed by atoms with van der Waals surface area (Å²) in [6.07, 6.45) is 12.0. The van der Waals surface area contributed by atoms with E-state index in [1.54, 1.807) is 11.3 Å². The van der Waals surface area contributed by atoms with Crippen LogP contribution < -0.4 is 0 Å². The Morgan fingerprint density at radius 3 is 2.75 bits per heavy atom. The standard InChI is InChI=1S/C21H31IN2/c1-5-19-18(14-22)15(3)17(20-23-11-12-24(19)20)13-16-7-9-21(4,6-2)10-8-16/h7-9,15,17H,5-6,10-14H2,1-4H3/t15-,17?,21?/m0/s1. The maximum absolute atomic E-state index is 4.92. The number of alkyl halides is 1. The van der Waals surface area contributed by atoms with Crippen molar-refractivity contribution in [2.75, 3.05) is 17.5 Å². The van der Waals surface area contributed by atoms with E-state index in [2.05, 4.69) is 73.4 Å². The number of nitrogens with zero attached hydrogens (tertiary/aromatic N) is 2. The minimum absolute atomic E-state index is 0.362. The summed E-state index contributed by atoms with van der Waals surface area (Å²) in [5, 5.41) is 0. The third kappa shape index (κ3) is 3.25. The maximum Gasteiger partial charge on any atom is 0.107 e. The molecule has 0 bridgehead atoms. The molecule has 0 fully saturated rings. The van der Waals surface area contributed by atoms with Gasteiger partial charge in [0.2, 0.25) is 0 Å². The van der Waals surface area contributed by atoms with Gasteiger partial charge in [-0.1, -0.05) is 74.1 Å². The highest BCUT2D eigenvalue weighted by Crippen LogP contribution is 2.41. The molecule has 2 unspecified atom stereocenters.